The van der Waals surface area contributed by atoms with Crippen LogP contribution in [0.5, 0.6) is 0 Å². The lowest BCUT2D eigenvalue weighted by Gasteiger charge is -2.14. The summed E-state index contributed by atoms with van der Waals surface area (Å²) in [4.78, 5) is 19.5. The van der Waals surface area contributed by atoms with E-state index in [0.29, 0.717) is 16.1 Å². The summed E-state index contributed by atoms with van der Waals surface area (Å²) in [5, 5.41) is 20.3. The molecule has 0 saturated heterocycles. The Kier molecular flexibility index (Phi) is 5.01. The minimum absolute atomic E-state index is 0.112. The third-order valence-electron chi connectivity index (χ3n) is 3.90. The van der Waals surface area contributed by atoms with E-state index in [0.717, 1.165) is 0 Å². The van der Waals surface area contributed by atoms with Crippen molar-refractivity contribution in [3.63, 3.8) is 0 Å². The lowest BCUT2D eigenvalue weighted by Crippen LogP contribution is -2.19. The van der Waals surface area contributed by atoms with Crippen molar-refractivity contribution in [3.05, 3.63) is 64.6 Å². The topological polar surface area (TPSA) is 125 Å². The number of nitrogens with two attached hydrogens (primary N) is 1. The van der Waals surface area contributed by atoms with E-state index < -0.39 is 17.8 Å². The number of hydrogen-bond donors (Lipinski definition) is 3. The van der Waals surface area contributed by atoms with Gasteiger partial charge in [0.2, 0.25) is 0 Å². The summed E-state index contributed by atoms with van der Waals surface area (Å²) in [5.74, 6) is -0.979. The molecular weight excluding hydrogens is 368 g/mol. The number of aliphatic hydroxyl groups excluding tert-OH is 1. The fraction of sp³-hybridized carbons (Fsp3) is 0.105. The molecule has 0 saturated carbocycles. The highest BCUT2D eigenvalue weighted by Crippen LogP contribution is 2.23. The smallest absolute Gasteiger partial charge is 0.340 e. The Hall–Kier alpha value is -3.50. The van der Waals surface area contributed by atoms with Crippen molar-refractivity contribution in [2.75, 3.05) is 5.73 Å². The quantitative estimate of drug-likeness (QED) is 0.272. The van der Waals surface area contributed by atoms with E-state index in [1.165, 1.54) is 25.1 Å². The van der Waals surface area contributed by atoms with E-state index in [4.69, 9.17) is 22.1 Å². The number of esters is 1. The number of nitrogens with zero attached hydrogens (tertiary/aromatic N) is 2. The van der Waals surface area contributed by atoms with Crippen molar-refractivity contribution in [1.29, 1.82) is 5.26 Å². The summed E-state index contributed by atoms with van der Waals surface area (Å²) < 4.78 is 5.23. The largest absolute Gasteiger partial charge is 0.507 e. The van der Waals surface area contributed by atoms with E-state index in [2.05, 4.69) is 9.97 Å². The van der Waals surface area contributed by atoms with Gasteiger partial charge in [-0.05, 0) is 37.3 Å². The Balaban J connectivity index is 1.88. The molecule has 27 heavy (non-hydrogen) atoms. The van der Waals surface area contributed by atoms with Gasteiger partial charge in [0, 0.05) is 10.7 Å². The fourth-order valence-electron chi connectivity index (χ4n) is 2.51. The number of rotatable bonds is 4. The van der Waals surface area contributed by atoms with Gasteiger partial charge in [-0.3, -0.25) is 0 Å². The molecule has 8 heteroatoms. The summed E-state index contributed by atoms with van der Waals surface area (Å²) >= 11 is 5.81. The number of H-pyrrole nitrogens is 1. The minimum atomic E-state index is -1.09. The van der Waals surface area contributed by atoms with Gasteiger partial charge in [0.15, 0.2) is 17.7 Å². The van der Waals surface area contributed by atoms with Gasteiger partial charge in [0.1, 0.15) is 11.6 Å². The number of carbonyl (C=O) groups is 1. The molecule has 0 fully saturated rings. The van der Waals surface area contributed by atoms with Crippen LogP contribution >= 0.6 is 11.6 Å². The maximum absolute atomic E-state index is 12.3. The fourth-order valence-corrected chi connectivity index (χ4v) is 2.69. The second-order valence-corrected chi connectivity index (χ2v) is 6.19. The van der Waals surface area contributed by atoms with Crippen LogP contribution in [0.25, 0.3) is 16.6 Å². The van der Waals surface area contributed by atoms with Crippen molar-refractivity contribution < 1.29 is 14.6 Å². The molecule has 0 unspecified atom stereocenters. The number of aromatic amines is 1. The standard InChI is InChI=1S/C19H15ClN4O3/c1-10(27-19(26)12-7-6-11(20)8-14(12)22)17(25)13(9-21)18-23-15-4-2-3-5-16(15)24-18/h2-8,10,25H,22H2,1H3,(H,23,24)/b17-13-/t10-/m1/s1. The molecule has 7 nitrogen and oxygen atoms in total. The molecule has 0 aliphatic rings. The number of carbonyl (C=O) groups excluding carboxylic acids is 1. The number of nitrogen functional groups attached to an aromatic ring is 1. The third-order valence-corrected chi connectivity index (χ3v) is 4.13. The van der Waals surface area contributed by atoms with Crippen molar-refractivity contribution >= 4 is 39.9 Å². The number of nitriles is 1. The maximum atomic E-state index is 12.3. The predicted molar refractivity (Wildman–Crippen MR) is 102 cm³/mol. The van der Waals surface area contributed by atoms with Crippen molar-refractivity contribution in [2.45, 2.75) is 13.0 Å². The summed E-state index contributed by atoms with van der Waals surface area (Å²) in [7, 11) is 0. The van der Waals surface area contributed by atoms with E-state index >= 15 is 0 Å². The van der Waals surface area contributed by atoms with Crippen LogP contribution in [0, 0.1) is 11.3 Å². The van der Waals surface area contributed by atoms with E-state index in [-0.39, 0.29) is 22.6 Å². The molecule has 0 spiro atoms. The average molecular weight is 383 g/mol. The summed E-state index contributed by atoms with van der Waals surface area (Å²) in [6.07, 6.45) is -1.09. The highest BCUT2D eigenvalue weighted by atomic mass is 35.5. The molecule has 0 bridgehead atoms. The number of anilines is 1. The van der Waals surface area contributed by atoms with Crippen molar-refractivity contribution in [3.8, 4) is 6.07 Å². The molecule has 0 aliphatic heterocycles. The number of aliphatic hydroxyl groups is 1. The number of aromatic nitrogens is 2. The maximum Gasteiger partial charge on any atom is 0.340 e. The van der Waals surface area contributed by atoms with Crippen molar-refractivity contribution in [2.24, 2.45) is 0 Å². The number of fused-ring (bicyclic) bond motifs is 1. The molecule has 2 aromatic carbocycles. The van der Waals surface area contributed by atoms with E-state index in [1.807, 2.05) is 18.2 Å². The lowest BCUT2D eigenvalue weighted by atomic mass is 10.1. The SMILES string of the molecule is C[C@@H](OC(=O)c1ccc(Cl)cc1N)/C(O)=C(\C#N)c1nc2ccccc2[nH]1. The summed E-state index contributed by atoms with van der Waals surface area (Å²) in [5.41, 5.74) is 7.28. The van der Waals surface area contributed by atoms with Crippen LogP contribution in [0.3, 0.4) is 0 Å². The number of hydrogen-bond acceptors (Lipinski definition) is 6. The van der Waals surface area contributed by atoms with Gasteiger partial charge in [-0.1, -0.05) is 23.7 Å². The molecular formula is C19H15ClN4O3. The second-order valence-electron chi connectivity index (χ2n) is 5.75. The Morgan fingerprint density at radius 2 is 2.11 bits per heavy atom. The number of halogens is 1. The van der Waals surface area contributed by atoms with Crippen molar-refractivity contribution in [1.82, 2.24) is 9.97 Å². The van der Waals surface area contributed by atoms with Crippen LogP contribution in [-0.2, 0) is 4.74 Å². The van der Waals surface area contributed by atoms with Gasteiger partial charge in [-0.25, -0.2) is 9.78 Å². The van der Waals surface area contributed by atoms with Crippen LogP contribution in [0.4, 0.5) is 5.69 Å². The summed E-state index contributed by atoms with van der Waals surface area (Å²) in [6, 6.07) is 13.4. The van der Waals surface area contributed by atoms with Gasteiger partial charge in [-0.15, -0.1) is 0 Å². The normalized spacial score (nSPS) is 12.9. The molecule has 136 valence electrons. The van der Waals surface area contributed by atoms with Gasteiger partial charge in [-0.2, -0.15) is 5.26 Å². The molecule has 3 rings (SSSR count). The molecule has 0 aliphatic carbocycles. The first-order chi connectivity index (χ1) is 12.9. The minimum Gasteiger partial charge on any atom is -0.507 e. The number of nitrogens with one attached hydrogen (secondary N) is 1. The monoisotopic (exact) mass is 382 g/mol. The highest BCUT2D eigenvalue weighted by molar-refractivity contribution is 6.31. The second kappa shape index (κ2) is 7.40. The number of benzene rings is 2. The predicted octanol–water partition coefficient (Wildman–Crippen LogP) is 3.84. The number of allylic oxidation sites excluding steroid dienone is 1. The van der Waals surface area contributed by atoms with Crippen LogP contribution in [0.1, 0.15) is 23.1 Å². The van der Waals surface area contributed by atoms with Crippen LogP contribution in [0.15, 0.2) is 48.2 Å². The zero-order valence-electron chi connectivity index (χ0n) is 14.2. The Labute approximate surface area is 159 Å². The molecule has 4 N–H and O–H groups in total. The Bertz CT molecular complexity index is 1060. The molecule has 0 amide bonds. The Morgan fingerprint density at radius 3 is 2.78 bits per heavy atom. The lowest BCUT2D eigenvalue weighted by molar-refractivity contribution is 0.0335. The van der Waals surface area contributed by atoms with Gasteiger partial charge >= 0.3 is 5.97 Å². The molecule has 3 aromatic rings. The zero-order chi connectivity index (χ0) is 19.6. The molecule has 1 aromatic heterocycles. The number of imidazole rings is 1. The summed E-state index contributed by atoms with van der Waals surface area (Å²) in [6.45, 7) is 1.44. The van der Waals surface area contributed by atoms with E-state index in [9.17, 15) is 15.2 Å². The first-order valence-electron chi connectivity index (χ1n) is 7.95. The first-order valence-corrected chi connectivity index (χ1v) is 8.33. The van der Waals surface area contributed by atoms with Gasteiger partial charge < -0.3 is 20.6 Å². The number of para-hydroxylation sites is 2. The van der Waals surface area contributed by atoms with Gasteiger partial charge in [0.25, 0.3) is 0 Å². The molecule has 1 heterocycles. The van der Waals surface area contributed by atoms with E-state index in [1.54, 1.807) is 12.1 Å². The third kappa shape index (κ3) is 3.71. The molecule has 0 radical (unpaired) electrons. The molecule has 1 atom stereocenters. The highest BCUT2D eigenvalue weighted by Gasteiger charge is 2.22. The Morgan fingerprint density at radius 1 is 1.37 bits per heavy atom. The van der Waals surface area contributed by atoms with Crippen LogP contribution in [-0.4, -0.2) is 27.1 Å². The van der Waals surface area contributed by atoms with Crippen LogP contribution < -0.4 is 5.73 Å². The number of ether oxygens (including phenoxy) is 1. The zero-order valence-corrected chi connectivity index (χ0v) is 15.0. The van der Waals surface area contributed by atoms with Gasteiger partial charge in [0.05, 0.1) is 16.6 Å². The van der Waals surface area contributed by atoms with Crippen LogP contribution in [0.2, 0.25) is 5.02 Å². The first kappa shape index (κ1) is 18.3. The average Bonchev–Trinajstić information content (AvgIpc) is 3.05.